The lowest BCUT2D eigenvalue weighted by atomic mass is 10.2. The Balaban J connectivity index is 2.14. The molecule has 2 heterocycles. The van der Waals surface area contributed by atoms with Gasteiger partial charge in [-0.15, -0.1) is 10.2 Å². The fraction of sp³-hybridized carbons (Fsp3) is 0.300. The highest BCUT2D eigenvalue weighted by Crippen LogP contribution is 2.02. The van der Waals surface area contributed by atoms with Crippen LogP contribution >= 0.6 is 0 Å². The summed E-state index contributed by atoms with van der Waals surface area (Å²) in [6, 6.07) is 5.34. The van der Waals surface area contributed by atoms with E-state index >= 15 is 0 Å². The number of carbonyl (C=O) groups excluding carboxylic acids is 1. The van der Waals surface area contributed by atoms with Gasteiger partial charge in [-0.1, -0.05) is 6.07 Å². The zero-order chi connectivity index (χ0) is 11.5. The zero-order valence-corrected chi connectivity index (χ0v) is 9.08. The molecule has 0 spiro atoms. The van der Waals surface area contributed by atoms with Crippen LogP contribution in [0.2, 0.25) is 0 Å². The number of aryl methyl sites for hydroxylation is 2. The predicted molar refractivity (Wildman–Crippen MR) is 55.8 cm³/mol. The minimum atomic E-state index is -0.100. The van der Waals surface area contributed by atoms with Crippen molar-refractivity contribution in [1.82, 2.24) is 25.2 Å². The number of carbonyl (C=O) groups is 1. The van der Waals surface area contributed by atoms with E-state index in [4.69, 9.17) is 0 Å². The van der Waals surface area contributed by atoms with E-state index < -0.39 is 0 Å². The van der Waals surface area contributed by atoms with Crippen LogP contribution < -0.4 is 0 Å². The summed E-state index contributed by atoms with van der Waals surface area (Å²) < 4.78 is 0. The van der Waals surface area contributed by atoms with Crippen molar-refractivity contribution < 1.29 is 4.79 Å². The summed E-state index contributed by atoms with van der Waals surface area (Å²) in [5.41, 5.74) is 1.26. The summed E-state index contributed by atoms with van der Waals surface area (Å²) in [4.78, 5) is 17.3. The number of hydrogen-bond acceptors (Lipinski definition) is 5. The van der Waals surface area contributed by atoms with Crippen LogP contribution in [0.25, 0.3) is 0 Å². The van der Waals surface area contributed by atoms with E-state index in [1.165, 1.54) is 4.80 Å². The second kappa shape index (κ2) is 4.18. The molecule has 0 fully saturated rings. The van der Waals surface area contributed by atoms with E-state index in [2.05, 4.69) is 20.4 Å². The van der Waals surface area contributed by atoms with Crippen LogP contribution in [0, 0.1) is 6.92 Å². The molecule has 0 aliphatic carbocycles. The van der Waals surface area contributed by atoms with Crippen molar-refractivity contribution >= 4 is 5.78 Å². The number of tetrazole rings is 1. The van der Waals surface area contributed by atoms with Gasteiger partial charge in [0, 0.05) is 5.69 Å². The molecule has 16 heavy (non-hydrogen) atoms. The number of hydrogen-bond donors (Lipinski definition) is 0. The average molecular weight is 217 g/mol. The van der Waals surface area contributed by atoms with Crippen LogP contribution in [0.1, 0.15) is 22.0 Å². The molecule has 0 N–H and O–H groups in total. The predicted octanol–water partition coefficient (Wildman–Crippen LogP) is 0.339. The molecule has 82 valence electrons. The number of rotatable bonds is 3. The maximum atomic E-state index is 11.8. The molecular weight excluding hydrogens is 206 g/mol. The van der Waals surface area contributed by atoms with E-state index in [1.807, 2.05) is 13.0 Å². The fourth-order valence-electron chi connectivity index (χ4n) is 1.33. The van der Waals surface area contributed by atoms with E-state index in [9.17, 15) is 4.79 Å². The monoisotopic (exact) mass is 217 g/mol. The molecule has 0 bridgehead atoms. The highest BCUT2D eigenvalue weighted by molar-refractivity contribution is 5.95. The Morgan fingerprint density at radius 3 is 2.88 bits per heavy atom. The van der Waals surface area contributed by atoms with Crippen molar-refractivity contribution in [2.24, 2.45) is 7.05 Å². The molecule has 0 radical (unpaired) electrons. The molecule has 0 amide bonds. The lowest BCUT2D eigenvalue weighted by Gasteiger charge is -1.98. The van der Waals surface area contributed by atoms with E-state index in [0.717, 1.165) is 5.69 Å². The van der Waals surface area contributed by atoms with Gasteiger partial charge in [0.2, 0.25) is 0 Å². The first-order valence-corrected chi connectivity index (χ1v) is 4.85. The highest BCUT2D eigenvalue weighted by atomic mass is 16.1. The van der Waals surface area contributed by atoms with Gasteiger partial charge < -0.3 is 0 Å². The number of aromatic nitrogens is 5. The Kier molecular flexibility index (Phi) is 2.72. The number of pyridine rings is 1. The van der Waals surface area contributed by atoms with E-state index in [-0.39, 0.29) is 12.2 Å². The molecular formula is C10H11N5O. The van der Waals surface area contributed by atoms with Crippen LogP contribution in [0.5, 0.6) is 0 Å². The van der Waals surface area contributed by atoms with Crippen LogP contribution in [0.4, 0.5) is 0 Å². The van der Waals surface area contributed by atoms with Crippen LogP contribution in [0.15, 0.2) is 18.2 Å². The third kappa shape index (κ3) is 2.28. The first kappa shape index (κ1) is 10.4. The summed E-state index contributed by atoms with van der Waals surface area (Å²) in [6.07, 6.45) is 0.129. The van der Waals surface area contributed by atoms with Gasteiger partial charge in [-0.3, -0.25) is 9.78 Å². The maximum Gasteiger partial charge on any atom is 0.188 e. The Morgan fingerprint density at radius 2 is 2.25 bits per heavy atom. The summed E-state index contributed by atoms with van der Waals surface area (Å²) >= 11 is 0. The molecule has 2 aromatic heterocycles. The van der Waals surface area contributed by atoms with Crippen molar-refractivity contribution in [3.63, 3.8) is 0 Å². The second-order valence-electron chi connectivity index (χ2n) is 3.46. The van der Waals surface area contributed by atoms with Crippen molar-refractivity contribution in [2.45, 2.75) is 13.3 Å². The van der Waals surface area contributed by atoms with Crippen molar-refractivity contribution in [2.75, 3.05) is 0 Å². The fourth-order valence-corrected chi connectivity index (χ4v) is 1.33. The Morgan fingerprint density at radius 1 is 1.44 bits per heavy atom. The Bertz CT molecular complexity index is 519. The largest absolute Gasteiger partial charge is 0.292 e. The minimum absolute atomic E-state index is 0.100. The smallest absolute Gasteiger partial charge is 0.188 e. The lowest BCUT2D eigenvalue weighted by molar-refractivity contribution is 0.0986. The first-order valence-electron chi connectivity index (χ1n) is 4.85. The average Bonchev–Trinajstić information content (AvgIpc) is 2.64. The van der Waals surface area contributed by atoms with E-state index in [0.29, 0.717) is 11.5 Å². The molecule has 0 saturated carbocycles. The first-order chi connectivity index (χ1) is 7.65. The SMILES string of the molecule is Cc1cccc(C(=O)Cc2nnn(C)n2)n1. The van der Waals surface area contributed by atoms with Gasteiger partial charge in [0.05, 0.1) is 13.5 Å². The zero-order valence-electron chi connectivity index (χ0n) is 9.08. The van der Waals surface area contributed by atoms with Gasteiger partial charge >= 0.3 is 0 Å². The highest BCUT2D eigenvalue weighted by Gasteiger charge is 2.11. The molecule has 0 saturated heterocycles. The Labute approximate surface area is 92.3 Å². The van der Waals surface area contributed by atoms with Crippen molar-refractivity contribution in [3.8, 4) is 0 Å². The van der Waals surface area contributed by atoms with Crippen LogP contribution in [-0.2, 0) is 13.5 Å². The molecule has 2 rings (SSSR count). The molecule has 2 aromatic rings. The van der Waals surface area contributed by atoms with E-state index in [1.54, 1.807) is 19.2 Å². The van der Waals surface area contributed by atoms with Gasteiger partial charge in [-0.2, -0.15) is 4.80 Å². The number of nitrogens with zero attached hydrogens (tertiary/aromatic N) is 5. The lowest BCUT2D eigenvalue weighted by Crippen LogP contribution is -2.08. The molecule has 0 atom stereocenters. The Hall–Kier alpha value is -2.11. The second-order valence-corrected chi connectivity index (χ2v) is 3.46. The third-order valence-electron chi connectivity index (χ3n) is 2.04. The van der Waals surface area contributed by atoms with Crippen molar-refractivity contribution in [3.05, 3.63) is 35.4 Å². The summed E-state index contributed by atoms with van der Waals surface area (Å²) in [6.45, 7) is 1.84. The molecule has 0 aliphatic rings. The quantitative estimate of drug-likeness (QED) is 0.693. The van der Waals surface area contributed by atoms with Crippen LogP contribution in [0.3, 0.4) is 0 Å². The van der Waals surface area contributed by atoms with Gasteiger partial charge in [0.15, 0.2) is 11.6 Å². The number of ketones is 1. The topological polar surface area (TPSA) is 73.6 Å². The normalized spacial score (nSPS) is 10.4. The maximum absolute atomic E-state index is 11.8. The third-order valence-corrected chi connectivity index (χ3v) is 2.04. The molecule has 0 aliphatic heterocycles. The van der Waals surface area contributed by atoms with Gasteiger partial charge in [-0.25, -0.2) is 0 Å². The molecule has 6 heteroatoms. The molecule has 6 nitrogen and oxygen atoms in total. The van der Waals surface area contributed by atoms with Gasteiger partial charge in [-0.05, 0) is 24.3 Å². The summed E-state index contributed by atoms with van der Waals surface area (Å²) in [5.74, 6) is 0.313. The minimum Gasteiger partial charge on any atom is -0.292 e. The molecule has 0 unspecified atom stereocenters. The molecule has 0 aromatic carbocycles. The standard InChI is InChI=1S/C10H11N5O/c1-7-4-3-5-8(11-7)9(16)6-10-12-14-15(2)13-10/h3-5H,6H2,1-2H3. The summed E-state index contributed by atoms with van der Waals surface area (Å²) in [5, 5.41) is 11.4. The summed E-state index contributed by atoms with van der Waals surface area (Å²) in [7, 11) is 1.66. The van der Waals surface area contributed by atoms with Crippen molar-refractivity contribution in [1.29, 1.82) is 0 Å². The van der Waals surface area contributed by atoms with Crippen LogP contribution in [-0.4, -0.2) is 31.0 Å². The number of Topliss-reactive ketones (excluding diaryl/α,β-unsaturated/α-hetero) is 1. The van der Waals surface area contributed by atoms with Gasteiger partial charge in [0.1, 0.15) is 5.69 Å². The van der Waals surface area contributed by atoms with Gasteiger partial charge in [0.25, 0.3) is 0 Å².